The van der Waals surface area contributed by atoms with Gasteiger partial charge in [0.05, 0.1) is 5.92 Å². The minimum atomic E-state index is -0.199. The Bertz CT molecular complexity index is 425. The third-order valence-corrected chi connectivity index (χ3v) is 2.56. The molecule has 0 aliphatic rings. The van der Waals surface area contributed by atoms with Crippen molar-refractivity contribution in [1.82, 2.24) is 4.98 Å². The molecule has 2 rings (SSSR count). The second kappa shape index (κ2) is 4.71. The number of ketones is 1. The van der Waals surface area contributed by atoms with Crippen LogP contribution in [0, 0.1) is 0 Å². The second-order valence-corrected chi connectivity index (χ2v) is 3.74. The van der Waals surface area contributed by atoms with E-state index in [0.29, 0.717) is 0 Å². The number of carbonyl (C=O) groups excluding carboxylic acids is 1. The van der Waals surface area contributed by atoms with Gasteiger partial charge in [-0.25, -0.2) is 0 Å². The van der Waals surface area contributed by atoms with Crippen molar-refractivity contribution in [2.75, 3.05) is 0 Å². The normalized spacial score (nSPS) is 12.1. The highest BCUT2D eigenvalue weighted by Gasteiger charge is 2.18. The fraction of sp³-hybridized carbons (Fsp3) is 0.143. The van der Waals surface area contributed by atoms with E-state index in [2.05, 4.69) is 4.98 Å². The standard InChI is InChI=1S/C14H13NO/c1-11(16)14(12-6-3-2-4-7-12)13-8-5-9-15-10-13/h2-10,14H,1H3. The number of pyridine rings is 1. The monoisotopic (exact) mass is 211 g/mol. The van der Waals surface area contributed by atoms with Crippen molar-refractivity contribution in [3.63, 3.8) is 0 Å². The number of hydrogen-bond donors (Lipinski definition) is 0. The van der Waals surface area contributed by atoms with E-state index in [1.54, 1.807) is 19.3 Å². The zero-order chi connectivity index (χ0) is 11.4. The highest BCUT2D eigenvalue weighted by molar-refractivity contribution is 5.86. The van der Waals surface area contributed by atoms with Crippen LogP contribution in [-0.4, -0.2) is 10.8 Å². The van der Waals surface area contributed by atoms with Crippen LogP contribution in [0.4, 0.5) is 0 Å². The molecule has 80 valence electrons. The second-order valence-electron chi connectivity index (χ2n) is 3.74. The summed E-state index contributed by atoms with van der Waals surface area (Å²) >= 11 is 0. The predicted octanol–water partition coefficient (Wildman–Crippen LogP) is 2.80. The van der Waals surface area contributed by atoms with E-state index < -0.39 is 0 Å². The van der Waals surface area contributed by atoms with Crippen LogP contribution in [0.3, 0.4) is 0 Å². The highest BCUT2D eigenvalue weighted by atomic mass is 16.1. The first-order valence-electron chi connectivity index (χ1n) is 5.24. The van der Waals surface area contributed by atoms with Gasteiger partial charge in [-0.05, 0) is 24.1 Å². The van der Waals surface area contributed by atoms with Gasteiger partial charge in [-0.15, -0.1) is 0 Å². The van der Waals surface area contributed by atoms with E-state index in [9.17, 15) is 4.79 Å². The average molecular weight is 211 g/mol. The van der Waals surface area contributed by atoms with Crippen molar-refractivity contribution in [3.05, 3.63) is 66.0 Å². The molecule has 0 aliphatic carbocycles. The summed E-state index contributed by atoms with van der Waals surface area (Å²) in [7, 11) is 0. The average Bonchev–Trinajstić information content (AvgIpc) is 2.31. The number of hydrogen-bond acceptors (Lipinski definition) is 2. The van der Waals surface area contributed by atoms with Crippen molar-refractivity contribution < 1.29 is 4.79 Å². The van der Waals surface area contributed by atoms with E-state index in [1.165, 1.54) is 0 Å². The summed E-state index contributed by atoms with van der Waals surface area (Å²) in [5.74, 6) is -0.0610. The molecule has 0 fully saturated rings. The van der Waals surface area contributed by atoms with E-state index in [4.69, 9.17) is 0 Å². The fourth-order valence-electron chi connectivity index (χ4n) is 1.85. The smallest absolute Gasteiger partial charge is 0.141 e. The Morgan fingerprint density at radius 1 is 1.06 bits per heavy atom. The third-order valence-electron chi connectivity index (χ3n) is 2.56. The van der Waals surface area contributed by atoms with E-state index in [0.717, 1.165) is 11.1 Å². The maximum absolute atomic E-state index is 11.7. The quantitative estimate of drug-likeness (QED) is 0.781. The molecule has 0 spiro atoms. The first-order chi connectivity index (χ1) is 7.79. The third kappa shape index (κ3) is 2.16. The summed E-state index contributed by atoms with van der Waals surface area (Å²) in [5.41, 5.74) is 1.96. The summed E-state index contributed by atoms with van der Waals surface area (Å²) in [6.45, 7) is 1.62. The highest BCUT2D eigenvalue weighted by Crippen LogP contribution is 2.24. The van der Waals surface area contributed by atoms with Crippen molar-refractivity contribution in [1.29, 1.82) is 0 Å². The number of nitrogens with zero attached hydrogens (tertiary/aromatic N) is 1. The number of aromatic nitrogens is 1. The van der Waals surface area contributed by atoms with Crippen LogP contribution in [0.1, 0.15) is 24.0 Å². The molecule has 0 aliphatic heterocycles. The zero-order valence-corrected chi connectivity index (χ0v) is 9.13. The summed E-state index contributed by atoms with van der Waals surface area (Å²) in [4.78, 5) is 15.8. The van der Waals surface area contributed by atoms with Gasteiger partial charge in [0.2, 0.25) is 0 Å². The summed E-state index contributed by atoms with van der Waals surface area (Å²) < 4.78 is 0. The molecule has 16 heavy (non-hydrogen) atoms. The molecule has 0 radical (unpaired) electrons. The Morgan fingerprint density at radius 3 is 2.31 bits per heavy atom. The lowest BCUT2D eigenvalue weighted by Gasteiger charge is -2.13. The molecule has 1 aromatic heterocycles. The Hall–Kier alpha value is -1.96. The van der Waals surface area contributed by atoms with Crippen molar-refractivity contribution in [2.45, 2.75) is 12.8 Å². The Morgan fingerprint density at radius 2 is 1.75 bits per heavy atom. The number of Topliss-reactive ketones (excluding diaryl/α,β-unsaturated/α-hetero) is 1. The van der Waals surface area contributed by atoms with Gasteiger partial charge < -0.3 is 0 Å². The predicted molar refractivity (Wildman–Crippen MR) is 63.2 cm³/mol. The lowest BCUT2D eigenvalue weighted by molar-refractivity contribution is -0.117. The molecule has 2 heteroatoms. The van der Waals surface area contributed by atoms with Crippen LogP contribution >= 0.6 is 0 Å². The molecule has 0 bridgehead atoms. The summed E-state index contributed by atoms with van der Waals surface area (Å²) in [6, 6.07) is 13.6. The van der Waals surface area contributed by atoms with Crippen molar-refractivity contribution >= 4 is 5.78 Å². The number of rotatable bonds is 3. The largest absolute Gasteiger partial charge is 0.299 e. The van der Waals surface area contributed by atoms with E-state index >= 15 is 0 Å². The minimum Gasteiger partial charge on any atom is -0.299 e. The molecule has 1 atom stereocenters. The van der Waals surface area contributed by atoms with Crippen LogP contribution in [0.2, 0.25) is 0 Å². The Balaban J connectivity index is 2.44. The number of benzene rings is 1. The molecule has 1 heterocycles. The summed E-state index contributed by atoms with van der Waals surface area (Å²) in [6.07, 6.45) is 3.46. The zero-order valence-electron chi connectivity index (χ0n) is 9.13. The molecule has 2 aromatic rings. The van der Waals surface area contributed by atoms with Gasteiger partial charge in [0, 0.05) is 12.4 Å². The fourth-order valence-corrected chi connectivity index (χ4v) is 1.85. The molecular formula is C14H13NO. The molecule has 1 unspecified atom stereocenters. The lowest BCUT2D eigenvalue weighted by atomic mass is 9.89. The van der Waals surface area contributed by atoms with Gasteiger partial charge in [0.1, 0.15) is 5.78 Å². The van der Waals surface area contributed by atoms with Crippen LogP contribution in [0.25, 0.3) is 0 Å². The van der Waals surface area contributed by atoms with Gasteiger partial charge >= 0.3 is 0 Å². The van der Waals surface area contributed by atoms with Gasteiger partial charge in [0.25, 0.3) is 0 Å². The van der Waals surface area contributed by atoms with Gasteiger partial charge in [0.15, 0.2) is 0 Å². The van der Waals surface area contributed by atoms with Gasteiger partial charge in [-0.2, -0.15) is 0 Å². The lowest BCUT2D eigenvalue weighted by Crippen LogP contribution is -2.10. The van der Waals surface area contributed by atoms with Crippen molar-refractivity contribution in [2.24, 2.45) is 0 Å². The topological polar surface area (TPSA) is 30.0 Å². The first-order valence-corrected chi connectivity index (χ1v) is 5.24. The first kappa shape index (κ1) is 10.6. The molecular weight excluding hydrogens is 198 g/mol. The molecule has 0 saturated carbocycles. The van der Waals surface area contributed by atoms with Crippen LogP contribution < -0.4 is 0 Å². The van der Waals surface area contributed by atoms with Crippen molar-refractivity contribution in [3.8, 4) is 0 Å². The molecule has 2 nitrogen and oxygen atoms in total. The number of carbonyl (C=O) groups is 1. The Labute approximate surface area is 95.0 Å². The van der Waals surface area contributed by atoms with E-state index in [-0.39, 0.29) is 11.7 Å². The van der Waals surface area contributed by atoms with Crippen LogP contribution in [0.15, 0.2) is 54.9 Å². The maximum atomic E-state index is 11.7. The molecule has 0 N–H and O–H groups in total. The van der Waals surface area contributed by atoms with Crippen LogP contribution in [-0.2, 0) is 4.79 Å². The molecule has 0 amide bonds. The summed E-state index contributed by atoms with van der Waals surface area (Å²) in [5, 5.41) is 0. The SMILES string of the molecule is CC(=O)C(c1ccccc1)c1cccnc1. The molecule has 1 aromatic carbocycles. The molecule has 0 saturated heterocycles. The van der Waals surface area contributed by atoms with Gasteiger partial charge in [-0.1, -0.05) is 36.4 Å². The van der Waals surface area contributed by atoms with Gasteiger partial charge in [-0.3, -0.25) is 9.78 Å². The minimum absolute atomic E-state index is 0.138. The Kier molecular flexibility index (Phi) is 3.10. The maximum Gasteiger partial charge on any atom is 0.141 e. The van der Waals surface area contributed by atoms with Crippen LogP contribution in [0.5, 0.6) is 0 Å². The van der Waals surface area contributed by atoms with E-state index in [1.807, 2.05) is 42.5 Å².